The minimum absolute atomic E-state index is 0.538. The monoisotopic (exact) mass is 667 g/mol. The molecule has 0 aliphatic carbocycles. The number of hydrogen-bond acceptors (Lipinski definition) is 4. The van der Waals surface area contributed by atoms with Crippen molar-refractivity contribution in [1.29, 1.82) is 0 Å². The zero-order chi connectivity index (χ0) is 34.3. The first kappa shape index (κ1) is 28.6. The molecule has 4 heterocycles. The summed E-state index contributed by atoms with van der Waals surface area (Å²) in [5.74, 6) is 0.538. The fourth-order valence-electron chi connectivity index (χ4n) is 7.99. The summed E-state index contributed by atoms with van der Waals surface area (Å²) in [6.07, 6.45) is 0. The molecule has 0 saturated heterocycles. The SMILES string of the molecule is Nc1cccc2c3ccc4c5ccccc5n(-c5ccccc5)c4c3n(-c3nc(-c4ccccc4)cc(-c4ccc5c(c4)oc4ccccc45)n3)c12. The molecule has 52 heavy (non-hydrogen) atoms. The highest BCUT2D eigenvalue weighted by atomic mass is 16.3. The molecule has 0 spiro atoms. The van der Waals surface area contributed by atoms with E-state index in [9.17, 15) is 0 Å². The largest absolute Gasteiger partial charge is 0.456 e. The Morgan fingerprint density at radius 2 is 1.02 bits per heavy atom. The fraction of sp³-hybridized carbons (Fsp3) is 0. The van der Waals surface area contributed by atoms with Crippen LogP contribution in [0.3, 0.4) is 0 Å². The van der Waals surface area contributed by atoms with Crippen molar-refractivity contribution in [1.82, 2.24) is 19.1 Å². The second kappa shape index (κ2) is 10.9. The third kappa shape index (κ3) is 4.12. The van der Waals surface area contributed by atoms with Gasteiger partial charge >= 0.3 is 0 Å². The van der Waals surface area contributed by atoms with Gasteiger partial charge in [-0.05, 0) is 48.5 Å². The Bertz CT molecular complexity index is 3190. The van der Waals surface area contributed by atoms with Crippen LogP contribution in [0, 0.1) is 0 Å². The lowest BCUT2D eigenvalue weighted by Gasteiger charge is -2.14. The molecule has 0 aliphatic rings. The highest BCUT2D eigenvalue weighted by molar-refractivity contribution is 6.24. The molecule has 11 rings (SSSR count). The molecule has 11 aromatic rings. The average molecular weight is 668 g/mol. The van der Waals surface area contributed by atoms with E-state index in [2.05, 4.69) is 124 Å². The van der Waals surface area contributed by atoms with Crippen molar-refractivity contribution in [3.05, 3.63) is 164 Å². The quantitative estimate of drug-likeness (QED) is 0.190. The van der Waals surface area contributed by atoms with Crippen LogP contribution in [0.2, 0.25) is 0 Å². The molecule has 6 heteroatoms. The summed E-state index contributed by atoms with van der Waals surface area (Å²) in [5, 5.41) is 6.60. The van der Waals surface area contributed by atoms with Crippen molar-refractivity contribution in [3.63, 3.8) is 0 Å². The number of para-hydroxylation sites is 4. The molecular formula is C46H29N5O. The van der Waals surface area contributed by atoms with E-state index in [1.165, 1.54) is 5.39 Å². The molecule has 6 nitrogen and oxygen atoms in total. The van der Waals surface area contributed by atoms with Crippen molar-refractivity contribution in [3.8, 4) is 34.2 Å². The molecule has 0 fully saturated rings. The summed E-state index contributed by atoms with van der Waals surface area (Å²) in [5.41, 5.74) is 17.9. The van der Waals surface area contributed by atoms with E-state index in [4.69, 9.17) is 20.1 Å². The second-order valence-electron chi connectivity index (χ2n) is 13.2. The summed E-state index contributed by atoms with van der Waals surface area (Å²) in [6, 6.07) is 56.5. The van der Waals surface area contributed by atoms with Gasteiger partial charge in [0.25, 0.3) is 0 Å². The van der Waals surface area contributed by atoms with Crippen LogP contribution in [-0.4, -0.2) is 19.1 Å². The van der Waals surface area contributed by atoms with Crippen LogP contribution in [-0.2, 0) is 0 Å². The summed E-state index contributed by atoms with van der Waals surface area (Å²) in [6.45, 7) is 0. The van der Waals surface area contributed by atoms with Gasteiger partial charge in [0, 0.05) is 49.1 Å². The van der Waals surface area contributed by atoms with E-state index in [1.54, 1.807) is 0 Å². The first-order valence-corrected chi connectivity index (χ1v) is 17.4. The number of nitrogen functional groups attached to an aromatic ring is 1. The number of fused-ring (bicyclic) bond motifs is 10. The lowest BCUT2D eigenvalue weighted by Crippen LogP contribution is -2.06. The molecule has 0 radical (unpaired) electrons. The first-order valence-electron chi connectivity index (χ1n) is 17.4. The zero-order valence-electron chi connectivity index (χ0n) is 27.9. The van der Waals surface area contributed by atoms with Crippen LogP contribution in [0.15, 0.2) is 168 Å². The van der Waals surface area contributed by atoms with Gasteiger partial charge in [-0.2, -0.15) is 0 Å². The molecule has 0 bridgehead atoms. The summed E-state index contributed by atoms with van der Waals surface area (Å²) < 4.78 is 10.9. The van der Waals surface area contributed by atoms with E-state index in [-0.39, 0.29) is 0 Å². The Labute approximate surface area is 297 Å². The summed E-state index contributed by atoms with van der Waals surface area (Å²) in [4.78, 5) is 10.7. The minimum atomic E-state index is 0.538. The van der Waals surface area contributed by atoms with Gasteiger partial charge in [0.2, 0.25) is 5.95 Å². The number of nitrogens with two attached hydrogens (primary N) is 1. The molecule has 244 valence electrons. The predicted octanol–water partition coefficient (Wildman–Crippen LogP) is 11.5. The highest BCUT2D eigenvalue weighted by Crippen LogP contribution is 2.43. The number of hydrogen-bond donors (Lipinski definition) is 1. The predicted molar refractivity (Wildman–Crippen MR) is 213 cm³/mol. The van der Waals surface area contributed by atoms with Gasteiger partial charge in [-0.15, -0.1) is 0 Å². The standard InChI is InChI=1S/C46H29N5O/c47-37-19-11-18-34-36-25-24-35-31-16-7-9-20-40(31)50(30-14-5-2-6-15-30)44(35)45(36)51(43(34)37)46-48-38(28-12-3-1-4-13-28)27-39(49-46)29-22-23-33-32-17-8-10-21-41(32)52-42(33)26-29/h1-27H,47H2. The lowest BCUT2D eigenvalue weighted by molar-refractivity contribution is 0.669. The van der Waals surface area contributed by atoms with E-state index in [1.807, 2.05) is 48.5 Å². The lowest BCUT2D eigenvalue weighted by atomic mass is 10.1. The van der Waals surface area contributed by atoms with Crippen molar-refractivity contribution >= 4 is 71.2 Å². The maximum absolute atomic E-state index is 6.93. The highest BCUT2D eigenvalue weighted by Gasteiger charge is 2.24. The van der Waals surface area contributed by atoms with Crippen LogP contribution in [0.5, 0.6) is 0 Å². The van der Waals surface area contributed by atoms with E-state index in [0.29, 0.717) is 11.6 Å². The smallest absolute Gasteiger partial charge is 0.235 e. The van der Waals surface area contributed by atoms with Gasteiger partial charge < -0.3 is 14.7 Å². The molecule has 2 N–H and O–H groups in total. The zero-order valence-corrected chi connectivity index (χ0v) is 27.9. The van der Waals surface area contributed by atoms with Gasteiger partial charge in [0.15, 0.2) is 0 Å². The van der Waals surface area contributed by atoms with E-state index in [0.717, 1.165) is 88.4 Å². The topological polar surface area (TPSA) is 74.8 Å². The van der Waals surface area contributed by atoms with Crippen LogP contribution in [0.4, 0.5) is 5.69 Å². The summed E-state index contributed by atoms with van der Waals surface area (Å²) in [7, 11) is 0. The van der Waals surface area contributed by atoms with Crippen LogP contribution >= 0.6 is 0 Å². The molecule has 0 unspecified atom stereocenters. The van der Waals surface area contributed by atoms with Gasteiger partial charge in [-0.1, -0.05) is 115 Å². The van der Waals surface area contributed by atoms with E-state index >= 15 is 0 Å². The average Bonchev–Trinajstić information content (AvgIpc) is 3.86. The van der Waals surface area contributed by atoms with Crippen molar-refractivity contribution < 1.29 is 4.42 Å². The Hall–Kier alpha value is -7.18. The number of furan rings is 1. The van der Waals surface area contributed by atoms with Gasteiger partial charge in [0.1, 0.15) is 11.2 Å². The molecule has 0 amide bonds. The normalized spacial score (nSPS) is 11.9. The number of anilines is 1. The van der Waals surface area contributed by atoms with Gasteiger partial charge in [0.05, 0.1) is 39.1 Å². The van der Waals surface area contributed by atoms with Crippen molar-refractivity contribution in [2.75, 3.05) is 5.73 Å². The molecule has 0 saturated carbocycles. The van der Waals surface area contributed by atoms with Gasteiger partial charge in [-0.25, -0.2) is 9.97 Å². The van der Waals surface area contributed by atoms with Crippen molar-refractivity contribution in [2.45, 2.75) is 0 Å². The molecule has 4 aromatic heterocycles. The van der Waals surface area contributed by atoms with Crippen LogP contribution in [0.25, 0.3) is 99.7 Å². The maximum atomic E-state index is 6.93. The molecule has 0 aliphatic heterocycles. The van der Waals surface area contributed by atoms with Crippen LogP contribution in [0.1, 0.15) is 0 Å². The Morgan fingerprint density at radius 3 is 1.85 bits per heavy atom. The fourth-order valence-corrected chi connectivity index (χ4v) is 7.99. The molecular weight excluding hydrogens is 639 g/mol. The Balaban J connectivity index is 1.28. The number of rotatable bonds is 4. The Kier molecular flexibility index (Phi) is 6.01. The van der Waals surface area contributed by atoms with E-state index < -0.39 is 0 Å². The number of aromatic nitrogens is 4. The third-order valence-electron chi connectivity index (χ3n) is 10.3. The Morgan fingerprint density at radius 1 is 0.423 bits per heavy atom. The number of nitrogens with zero attached hydrogens (tertiary/aromatic N) is 4. The third-order valence-corrected chi connectivity index (χ3v) is 10.3. The molecule has 7 aromatic carbocycles. The maximum Gasteiger partial charge on any atom is 0.235 e. The van der Waals surface area contributed by atoms with Crippen molar-refractivity contribution in [2.24, 2.45) is 0 Å². The second-order valence-corrected chi connectivity index (χ2v) is 13.2. The van der Waals surface area contributed by atoms with Gasteiger partial charge in [-0.3, -0.25) is 4.57 Å². The minimum Gasteiger partial charge on any atom is -0.456 e. The molecule has 0 atom stereocenters. The first-order chi connectivity index (χ1) is 25.7. The summed E-state index contributed by atoms with van der Waals surface area (Å²) >= 11 is 0. The van der Waals surface area contributed by atoms with Crippen LogP contribution < -0.4 is 5.73 Å². The number of benzene rings is 7.